The molecule has 0 aromatic heterocycles. The smallest absolute Gasteiger partial charge is 0.350 e. The average molecular weight is 386 g/mol. The molecule has 0 aliphatic carbocycles. The molecular formula is C20H13F3N2O3. The quantitative estimate of drug-likeness (QED) is 0.353. The van der Waals surface area contributed by atoms with E-state index in [0.717, 1.165) is 12.1 Å². The molecule has 0 bridgehead atoms. The van der Waals surface area contributed by atoms with Gasteiger partial charge in [0.15, 0.2) is 5.78 Å². The van der Waals surface area contributed by atoms with Gasteiger partial charge in [0.25, 0.3) is 5.69 Å². The zero-order valence-corrected chi connectivity index (χ0v) is 14.2. The Labute approximate surface area is 157 Å². The normalized spacial score (nSPS) is 11.1. The molecular weight excluding hydrogens is 373 g/mol. The lowest BCUT2D eigenvalue weighted by Crippen LogP contribution is -2.07. The number of nitro groups is 1. The van der Waals surface area contributed by atoms with Crippen LogP contribution in [0.25, 0.3) is 0 Å². The highest BCUT2D eigenvalue weighted by Gasteiger charge is 2.33. The molecule has 0 spiro atoms. The molecule has 0 amide bonds. The highest BCUT2D eigenvalue weighted by atomic mass is 19.4. The molecule has 0 aliphatic heterocycles. The molecule has 3 rings (SSSR count). The van der Waals surface area contributed by atoms with Crippen LogP contribution in [0.2, 0.25) is 0 Å². The summed E-state index contributed by atoms with van der Waals surface area (Å²) in [5, 5.41) is 13.9. The molecule has 5 nitrogen and oxygen atoms in total. The minimum absolute atomic E-state index is 0.0832. The molecule has 0 saturated carbocycles. The Hall–Kier alpha value is -3.68. The summed E-state index contributed by atoms with van der Waals surface area (Å²) < 4.78 is 38.3. The number of hydrogen-bond acceptors (Lipinski definition) is 4. The van der Waals surface area contributed by atoms with Crippen molar-refractivity contribution < 1.29 is 22.9 Å². The molecule has 0 aliphatic rings. The van der Waals surface area contributed by atoms with Crippen LogP contribution in [-0.4, -0.2) is 10.7 Å². The number of hydrogen-bond donors (Lipinski definition) is 1. The number of rotatable bonds is 5. The van der Waals surface area contributed by atoms with Gasteiger partial charge in [-0.2, -0.15) is 13.2 Å². The van der Waals surface area contributed by atoms with Crippen molar-refractivity contribution in [3.8, 4) is 0 Å². The van der Waals surface area contributed by atoms with Crippen molar-refractivity contribution >= 4 is 22.8 Å². The van der Waals surface area contributed by atoms with Crippen LogP contribution in [0.5, 0.6) is 0 Å². The third-order valence-electron chi connectivity index (χ3n) is 3.98. The van der Waals surface area contributed by atoms with E-state index in [9.17, 15) is 28.1 Å². The second-order valence-electron chi connectivity index (χ2n) is 5.88. The van der Waals surface area contributed by atoms with Crippen molar-refractivity contribution in [2.24, 2.45) is 0 Å². The molecule has 0 unspecified atom stereocenters. The SMILES string of the molecule is O=C(c1ccccc1)c1ccc(Nc2ccc(C(F)(F)F)cc2[N+](=O)[O-])cc1. The summed E-state index contributed by atoms with van der Waals surface area (Å²) in [5.74, 6) is -0.187. The second-order valence-corrected chi connectivity index (χ2v) is 5.88. The van der Waals surface area contributed by atoms with Gasteiger partial charge < -0.3 is 5.32 Å². The van der Waals surface area contributed by atoms with Crippen molar-refractivity contribution in [3.63, 3.8) is 0 Å². The topological polar surface area (TPSA) is 72.2 Å². The van der Waals surface area contributed by atoms with Gasteiger partial charge in [0, 0.05) is 22.9 Å². The van der Waals surface area contributed by atoms with E-state index >= 15 is 0 Å². The number of alkyl halides is 3. The largest absolute Gasteiger partial charge is 0.416 e. The van der Waals surface area contributed by atoms with Gasteiger partial charge in [-0.3, -0.25) is 14.9 Å². The molecule has 0 saturated heterocycles. The average Bonchev–Trinajstić information content (AvgIpc) is 2.68. The van der Waals surface area contributed by atoms with E-state index in [1.807, 2.05) is 0 Å². The van der Waals surface area contributed by atoms with Gasteiger partial charge in [-0.15, -0.1) is 0 Å². The molecule has 0 heterocycles. The van der Waals surface area contributed by atoms with E-state index in [1.54, 1.807) is 30.3 Å². The van der Waals surface area contributed by atoms with Crippen molar-refractivity contribution in [1.82, 2.24) is 0 Å². The van der Waals surface area contributed by atoms with Gasteiger partial charge in [0.1, 0.15) is 5.69 Å². The molecule has 142 valence electrons. The molecule has 28 heavy (non-hydrogen) atoms. The van der Waals surface area contributed by atoms with E-state index in [1.165, 1.54) is 24.3 Å². The summed E-state index contributed by atoms with van der Waals surface area (Å²) in [6.45, 7) is 0. The number of halogens is 3. The molecule has 0 fully saturated rings. The Balaban J connectivity index is 1.84. The summed E-state index contributed by atoms with van der Waals surface area (Å²) in [4.78, 5) is 22.6. The second kappa shape index (κ2) is 7.51. The van der Waals surface area contributed by atoms with Gasteiger partial charge in [0.05, 0.1) is 10.5 Å². The summed E-state index contributed by atoms with van der Waals surface area (Å²) >= 11 is 0. The van der Waals surface area contributed by atoms with E-state index < -0.39 is 22.4 Å². The van der Waals surface area contributed by atoms with Crippen LogP contribution >= 0.6 is 0 Å². The number of nitro benzene ring substituents is 1. The fourth-order valence-electron chi connectivity index (χ4n) is 2.58. The van der Waals surface area contributed by atoms with Gasteiger partial charge in [0.2, 0.25) is 0 Å². The lowest BCUT2D eigenvalue weighted by atomic mass is 10.0. The van der Waals surface area contributed by atoms with Gasteiger partial charge >= 0.3 is 6.18 Å². The summed E-state index contributed by atoms with van der Waals surface area (Å²) in [5.41, 5.74) is -0.555. The summed E-state index contributed by atoms with van der Waals surface area (Å²) in [7, 11) is 0. The highest BCUT2D eigenvalue weighted by molar-refractivity contribution is 6.09. The number of nitrogens with zero attached hydrogens (tertiary/aromatic N) is 1. The van der Waals surface area contributed by atoms with Gasteiger partial charge in [-0.1, -0.05) is 30.3 Å². The van der Waals surface area contributed by atoms with E-state index in [-0.39, 0.29) is 11.5 Å². The molecule has 8 heteroatoms. The van der Waals surface area contributed by atoms with Gasteiger partial charge in [-0.05, 0) is 36.4 Å². The highest BCUT2D eigenvalue weighted by Crippen LogP contribution is 2.36. The van der Waals surface area contributed by atoms with Crippen LogP contribution in [0.4, 0.5) is 30.2 Å². The maximum absolute atomic E-state index is 12.8. The molecule has 3 aromatic carbocycles. The third-order valence-corrected chi connectivity index (χ3v) is 3.98. The van der Waals surface area contributed by atoms with Crippen molar-refractivity contribution in [2.75, 3.05) is 5.32 Å². The standard InChI is InChI=1S/C20H13F3N2O3/c21-20(22,23)15-8-11-17(18(12-15)25(27)28)24-16-9-6-14(7-10-16)19(26)13-4-2-1-3-5-13/h1-12,24H. The molecule has 3 aromatic rings. The summed E-state index contributed by atoms with van der Waals surface area (Å²) in [6, 6.07) is 17.0. The minimum atomic E-state index is -4.68. The van der Waals surface area contributed by atoms with Gasteiger partial charge in [-0.25, -0.2) is 0 Å². The number of carbonyl (C=O) groups excluding carboxylic acids is 1. The first-order valence-corrected chi connectivity index (χ1v) is 8.08. The molecule has 0 radical (unpaired) electrons. The first-order valence-electron chi connectivity index (χ1n) is 8.08. The fraction of sp³-hybridized carbons (Fsp3) is 0.0500. The Morgan fingerprint density at radius 3 is 2.07 bits per heavy atom. The predicted octanol–water partition coefficient (Wildman–Crippen LogP) is 5.59. The number of nitrogens with one attached hydrogen (secondary N) is 1. The van der Waals surface area contributed by atoms with Crippen LogP contribution in [0.1, 0.15) is 21.5 Å². The maximum atomic E-state index is 12.8. The van der Waals surface area contributed by atoms with Crippen LogP contribution < -0.4 is 5.32 Å². The van der Waals surface area contributed by atoms with Crippen molar-refractivity contribution in [3.05, 3.63) is 99.6 Å². The van der Waals surface area contributed by atoms with Crippen molar-refractivity contribution in [2.45, 2.75) is 6.18 Å². The Bertz CT molecular complexity index is 1020. The first kappa shape index (κ1) is 19.1. The monoisotopic (exact) mass is 386 g/mol. The van der Waals surface area contributed by atoms with Crippen molar-refractivity contribution in [1.29, 1.82) is 0 Å². The lowest BCUT2D eigenvalue weighted by Gasteiger charge is -2.11. The maximum Gasteiger partial charge on any atom is 0.416 e. The Morgan fingerprint density at radius 2 is 1.50 bits per heavy atom. The Morgan fingerprint density at radius 1 is 0.893 bits per heavy atom. The van der Waals surface area contributed by atoms with Crippen LogP contribution in [0.3, 0.4) is 0 Å². The minimum Gasteiger partial charge on any atom is -0.350 e. The fourth-order valence-corrected chi connectivity index (χ4v) is 2.58. The molecule has 0 atom stereocenters. The van der Waals surface area contributed by atoms with E-state index in [4.69, 9.17) is 0 Å². The van der Waals surface area contributed by atoms with Crippen LogP contribution in [-0.2, 0) is 6.18 Å². The van der Waals surface area contributed by atoms with Crippen LogP contribution in [0, 0.1) is 10.1 Å². The summed E-state index contributed by atoms with van der Waals surface area (Å²) in [6.07, 6.45) is -4.68. The predicted molar refractivity (Wildman–Crippen MR) is 97.7 cm³/mol. The first-order chi connectivity index (χ1) is 13.3. The number of carbonyl (C=O) groups is 1. The Kier molecular flexibility index (Phi) is 5.12. The third kappa shape index (κ3) is 4.17. The van der Waals surface area contributed by atoms with E-state index in [0.29, 0.717) is 22.9 Å². The molecule has 1 N–H and O–H groups in total. The zero-order chi connectivity index (χ0) is 20.3. The van der Waals surface area contributed by atoms with Crippen LogP contribution in [0.15, 0.2) is 72.8 Å². The number of benzene rings is 3. The number of ketones is 1. The van der Waals surface area contributed by atoms with E-state index in [2.05, 4.69) is 5.32 Å². The zero-order valence-electron chi connectivity index (χ0n) is 14.2. The number of anilines is 2. The lowest BCUT2D eigenvalue weighted by molar-refractivity contribution is -0.384.